The van der Waals surface area contributed by atoms with Crippen LogP contribution in [-0.2, 0) is 13.1 Å². The molecule has 2 rings (SSSR count). The molecule has 0 fully saturated rings. The second-order valence-corrected chi connectivity index (χ2v) is 3.56. The summed E-state index contributed by atoms with van der Waals surface area (Å²) in [7, 11) is 0. The molecule has 0 aromatic carbocycles. The first-order valence-corrected chi connectivity index (χ1v) is 5.51. The van der Waals surface area contributed by atoms with Gasteiger partial charge in [0.05, 0.1) is 18.9 Å². The minimum absolute atomic E-state index is 0.611. The average molecular weight is 220 g/mol. The van der Waals surface area contributed by atoms with Crippen molar-refractivity contribution >= 4 is 0 Å². The highest BCUT2D eigenvalue weighted by Gasteiger charge is 1.98. The molecule has 0 unspecified atom stereocenters. The third-order valence-electron chi connectivity index (χ3n) is 2.21. The fourth-order valence-electron chi connectivity index (χ4n) is 1.46. The van der Waals surface area contributed by atoms with E-state index < -0.39 is 0 Å². The standard InChI is InChI=1S/C11H16N4O/c1-2-5-15-10-11(9-13-15)16-8-7-14-6-3-4-12-14/h3-4,6,9-10H,2,5,7-8H2,1H3. The molecule has 2 aromatic heterocycles. The van der Waals surface area contributed by atoms with Gasteiger partial charge in [-0.05, 0) is 12.5 Å². The molecule has 16 heavy (non-hydrogen) atoms. The van der Waals surface area contributed by atoms with Crippen molar-refractivity contribution in [1.29, 1.82) is 0 Å². The Hall–Kier alpha value is -1.78. The van der Waals surface area contributed by atoms with Crippen LogP contribution >= 0.6 is 0 Å². The van der Waals surface area contributed by atoms with Crippen LogP contribution < -0.4 is 4.74 Å². The van der Waals surface area contributed by atoms with Gasteiger partial charge < -0.3 is 4.74 Å². The van der Waals surface area contributed by atoms with Crippen molar-refractivity contribution in [2.24, 2.45) is 0 Å². The van der Waals surface area contributed by atoms with E-state index in [-0.39, 0.29) is 0 Å². The van der Waals surface area contributed by atoms with Crippen LogP contribution in [0.25, 0.3) is 0 Å². The van der Waals surface area contributed by atoms with Crippen LogP contribution in [0.3, 0.4) is 0 Å². The van der Waals surface area contributed by atoms with E-state index in [1.807, 2.05) is 27.8 Å². The Bertz CT molecular complexity index is 407. The highest BCUT2D eigenvalue weighted by Crippen LogP contribution is 2.08. The summed E-state index contributed by atoms with van der Waals surface area (Å²) in [5, 5.41) is 8.29. The maximum Gasteiger partial charge on any atom is 0.157 e. The fraction of sp³-hybridized carbons (Fsp3) is 0.455. The van der Waals surface area contributed by atoms with Crippen LogP contribution in [-0.4, -0.2) is 26.2 Å². The molecule has 86 valence electrons. The molecule has 0 saturated heterocycles. The largest absolute Gasteiger partial charge is 0.488 e. The van der Waals surface area contributed by atoms with Gasteiger partial charge in [-0.2, -0.15) is 10.2 Å². The molecule has 0 N–H and O–H groups in total. The van der Waals surface area contributed by atoms with Crippen LogP contribution in [0.15, 0.2) is 30.9 Å². The first-order valence-electron chi connectivity index (χ1n) is 5.51. The molecular formula is C11H16N4O. The van der Waals surface area contributed by atoms with Gasteiger partial charge in [0.2, 0.25) is 0 Å². The zero-order valence-corrected chi connectivity index (χ0v) is 9.41. The van der Waals surface area contributed by atoms with Crippen molar-refractivity contribution in [2.75, 3.05) is 6.61 Å². The Kier molecular flexibility index (Phi) is 3.58. The molecular weight excluding hydrogens is 204 g/mol. The number of nitrogens with zero attached hydrogens (tertiary/aromatic N) is 4. The van der Waals surface area contributed by atoms with Crippen LogP contribution in [0.2, 0.25) is 0 Å². The highest BCUT2D eigenvalue weighted by atomic mass is 16.5. The molecule has 0 aliphatic carbocycles. The lowest BCUT2D eigenvalue weighted by atomic mass is 10.5. The Balaban J connectivity index is 1.76. The van der Waals surface area contributed by atoms with E-state index in [1.54, 1.807) is 12.4 Å². The normalized spacial score (nSPS) is 10.6. The Labute approximate surface area is 94.6 Å². The molecule has 0 radical (unpaired) electrons. The van der Waals surface area contributed by atoms with E-state index in [0.29, 0.717) is 6.61 Å². The van der Waals surface area contributed by atoms with Crippen LogP contribution in [0.1, 0.15) is 13.3 Å². The zero-order valence-electron chi connectivity index (χ0n) is 9.41. The molecule has 2 aromatic rings. The van der Waals surface area contributed by atoms with E-state index in [2.05, 4.69) is 17.1 Å². The molecule has 0 atom stereocenters. The topological polar surface area (TPSA) is 44.9 Å². The number of ether oxygens (including phenoxy) is 1. The summed E-state index contributed by atoms with van der Waals surface area (Å²) in [5.74, 6) is 0.820. The minimum atomic E-state index is 0.611. The summed E-state index contributed by atoms with van der Waals surface area (Å²) in [4.78, 5) is 0. The first kappa shape index (κ1) is 10.7. The van der Waals surface area contributed by atoms with Gasteiger partial charge in [-0.25, -0.2) is 0 Å². The van der Waals surface area contributed by atoms with Gasteiger partial charge in [0, 0.05) is 18.9 Å². The lowest BCUT2D eigenvalue weighted by Crippen LogP contribution is -2.08. The van der Waals surface area contributed by atoms with Crippen molar-refractivity contribution in [1.82, 2.24) is 19.6 Å². The first-order chi connectivity index (χ1) is 7.88. The van der Waals surface area contributed by atoms with Gasteiger partial charge in [0.1, 0.15) is 6.61 Å². The minimum Gasteiger partial charge on any atom is -0.488 e. The van der Waals surface area contributed by atoms with E-state index in [9.17, 15) is 0 Å². The number of aryl methyl sites for hydroxylation is 1. The van der Waals surface area contributed by atoms with Crippen molar-refractivity contribution in [3.63, 3.8) is 0 Å². The second-order valence-electron chi connectivity index (χ2n) is 3.56. The monoisotopic (exact) mass is 220 g/mol. The Morgan fingerprint density at radius 2 is 2.19 bits per heavy atom. The summed E-state index contributed by atoms with van der Waals surface area (Å²) in [6.45, 7) is 4.42. The molecule has 5 nitrogen and oxygen atoms in total. The summed E-state index contributed by atoms with van der Waals surface area (Å²) in [6.07, 6.45) is 8.43. The second kappa shape index (κ2) is 5.34. The van der Waals surface area contributed by atoms with E-state index in [0.717, 1.165) is 25.3 Å². The molecule has 0 bridgehead atoms. The fourth-order valence-corrected chi connectivity index (χ4v) is 1.46. The van der Waals surface area contributed by atoms with Crippen LogP contribution in [0, 0.1) is 0 Å². The average Bonchev–Trinajstić information content (AvgIpc) is 2.90. The molecule has 0 aliphatic heterocycles. The summed E-state index contributed by atoms with van der Waals surface area (Å²) < 4.78 is 9.30. The third kappa shape index (κ3) is 2.85. The number of aromatic nitrogens is 4. The molecule has 0 aliphatic rings. The van der Waals surface area contributed by atoms with Crippen molar-refractivity contribution in [2.45, 2.75) is 26.4 Å². The van der Waals surface area contributed by atoms with Crippen molar-refractivity contribution in [3.05, 3.63) is 30.9 Å². The molecule has 2 heterocycles. The van der Waals surface area contributed by atoms with E-state index in [4.69, 9.17) is 4.74 Å². The Morgan fingerprint density at radius 1 is 1.25 bits per heavy atom. The predicted molar refractivity (Wildman–Crippen MR) is 60.2 cm³/mol. The summed E-state index contributed by atoms with van der Waals surface area (Å²) in [5.41, 5.74) is 0. The van der Waals surface area contributed by atoms with Crippen LogP contribution in [0.4, 0.5) is 0 Å². The van der Waals surface area contributed by atoms with Gasteiger partial charge >= 0.3 is 0 Å². The van der Waals surface area contributed by atoms with E-state index in [1.165, 1.54) is 0 Å². The SMILES string of the molecule is CCCn1cc(OCCn2cccn2)cn1. The summed E-state index contributed by atoms with van der Waals surface area (Å²) >= 11 is 0. The lowest BCUT2D eigenvalue weighted by molar-refractivity contribution is 0.291. The molecule has 0 spiro atoms. The number of rotatable bonds is 6. The van der Waals surface area contributed by atoms with Gasteiger partial charge in [-0.1, -0.05) is 6.92 Å². The quantitative estimate of drug-likeness (QED) is 0.742. The smallest absolute Gasteiger partial charge is 0.157 e. The number of hydrogen-bond acceptors (Lipinski definition) is 3. The predicted octanol–water partition coefficient (Wildman–Crippen LogP) is 1.57. The maximum absolute atomic E-state index is 5.56. The van der Waals surface area contributed by atoms with Gasteiger partial charge in [0.25, 0.3) is 0 Å². The van der Waals surface area contributed by atoms with Crippen molar-refractivity contribution < 1.29 is 4.74 Å². The zero-order chi connectivity index (χ0) is 11.2. The van der Waals surface area contributed by atoms with Crippen molar-refractivity contribution in [3.8, 4) is 5.75 Å². The van der Waals surface area contributed by atoms with E-state index >= 15 is 0 Å². The van der Waals surface area contributed by atoms with Gasteiger partial charge in [-0.15, -0.1) is 0 Å². The molecule has 5 heteroatoms. The van der Waals surface area contributed by atoms with Gasteiger partial charge in [0.15, 0.2) is 5.75 Å². The summed E-state index contributed by atoms with van der Waals surface area (Å²) in [6, 6.07) is 1.90. The Morgan fingerprint density at radius 3 is 2.94 bits per heavy atom. The van der Waals surface area contributed by atoms with Gasteiger partial charge in [-0.3, -0.25) is 9.36 Å². The molecule has 0 amide bonds. The third-order valence-corrected chi connectivity index (χ3v) is 2.21. The number of hydrogen-bond donors (Lipinski definition) is 0. The maximum atomic E-state index is 5.56. The highest BCUT2D eigenvalue weighted by molar-refractivity contribution is 5.11. The van der Waals surface area contributed by atoms with Crippen LogP contribution in [0.5, 0.6) is 5.75 Å². The molecule has 0 saturated carbocycles. The lowest BCUT2D eigenvalue weighted by Gasteiger charge is -2.03.